The molecule has 2 rings (SSSR count). The highest BCUT2D eigenvalue weighted by Gasteiger charge is 2.28. The van der Waals surface area contributed by atoms with Crippen molar-refractivity contribution in [2.75, 3.05) is 13.2 Å². The molecule has 0 bridgehead atoms. The third-order valence-electron chi connectivity index (χ3n) is 2.29. The van der Waals surface area contributed by atoms with Crippen LogP contribution in [-0.4, -0.2) is 13.2 Å². The molecule has 0 amide bonds. The van der Waals surface area contributed by atoms with Crippen molar-refractivity contribution in [3.05, 3.63) is 28.0 Å². The van der Waals surface area contributed by atoms with Gasteiger partial charge in [-0.3, -0.25) is 0 Å². The van der Waals surface area contributed by atoms with E-state index < -0.39 is 0 Å². The quantitative estimate of drug-likeness (QED) is 0.882. The van der Waals surface area contributed by atoms with Gasteiger partial charge >= 0.3 is 0 Å². The number of benzene rings is 1. The minimum Gasteiger partial charge on any atom is -0.488 e. The Hall–Kier alpha value is -0.610. The van der Waals surface area contributed by atoms with Gasteiger partial charge < -0.3 is 10.1 Å². The van der Waals surface area contributed by atoms with Crippen molar-refractivity contribution < 1.29 is 9.13 Å². The molecule has 0 aliphatic carbocycles. The van der Waals surface area contributed by atoms with E-state index in [1.165, 1.54) is 6.07 Å². The maximum atomic E-state index is 13.3. The largest absolute Gasteiger partial charge is 0.488 e. The molecule has 4 heteroatoms. The molecule has 0 saturated heterocycles. The molecule has 0 fully saturated rings. The zero-order valence-corrected chi connectivity index (χ0v) is 9.40. The summed E-state index contributed by atoms with van der Waals surface area (Å²) in [6.07, 6.45) is 0. The zero-order chi connectivity index (χ0) is 10.1. The summed E-state index contributed by atoms with van der Waals surface area (Å²) < 4.78 is 19.5. The third-order valence-corrected chi connectivity index (χ3v) is 2.98. The smallest absolute Gasteiger partial charge is 0.165 e. The summed E-state index contributed by atoms with van der Waals surface area (Å²) >= 11 is 3.41. The standard InChI is InChI=1S/C10H11BrFNO/c1-2-13-8-5-14-10-7(12)4-3-6(11)9(8)10/h3-4,8,13H,2,5H2,1H3. The second kappa shape index (κ2) is 3.87. The van der Waals surface area contributed by atoms with E-state index in [1.807, 2.05) is 6.92 Å². The number of likely N-dealkylation sites (N-methyl/N-ethyl adjacent to an activating group) is 1. The molecule has 1 aliphatic heterocycles. The maximum Gasteiger partial charge on any atom is 0.165 e. The molecule has 1 unspecified atom stereocenters. The van der Waals surface area contributed by atoms with E-state index in [4.69, 9.17) is 4.74 Å². The normalized spacial score (nSPS) is 19.2. The molecule has 0 spiro atoms. The number of nitrogens with one attached hydrogen (secondary N) is 1. The number of hydrogen-bond donors (Lipinski definition) is 1. The summed E-state index contributed by atoms with van der Waals surface area (Å²) in [5.74, 6) is 0.0916. The van der Waals surface area contributed by atoms with Crippen LogP contribution in [-0.2, 0) is 0 Å². The summed E-state index contributed by atoms with van der Waals surface area (Å²) in [4.78, 5) is 0. The van der Waals surface area contributed by atoms with Crippen LogP contribution in [0.15, 0.2) is 16.6 Å². The van der Waals surface area contributed by atoms with Crippen LogP contribution in [0.25, 0.3) is 0 Å². The lowest BCUT2D eigenvalue weighted by atomic mass is 10.1. The highest BCUT2D eigenvalue weighted by atomic mass is 79.9. The van der Waals surface area contributed by atoms with Crippen LogP contribution in [0.5, 0.6) is 5.75 Å². The second-order valence-corrected chi connectivity index (χ2v) is 4.05. The van der Waals surface area contributed by atoms with E-state index in [9.17, 15) is 4.39 Å². The SMILES string of the molecule is CCNC1COc2c(F)ccc(Br)c21. The van der Waals surface area contributed by atoms with Crippen LogP contribution >= 0.6 is 15.9 Å². The topological polar surface area (TPSA) is 21.3 Å². The van der Waals surface area contributed by atoms with E-state index in [1.54, 1.807) is 6.07 Å². The van der Waals surface area contributed by atoms with E-state index >= 15 is 0 Å². The minimum atomic E-state index is -0.288. The van der Waals surface area contributed by atoms with Crippen molar-refractivity contribution in [2.24, 2.45) is 0 Å². The van der Waals surface area contributed by atoms with Gasteiger partial charge in [-0.2, -0.15) is 0 Å². The van der Waals surface area contributed by atoms with Crippen LogP contribution in [0, 0.1) is 5.82 Å². The van der Waals surface area contributed by atoms with Gasteiger partial charge in [0.25, 0.3) is 0 Å². The Morgan fingerprint density at radius 3 is 3.14 bits per heavy atom. The fraction of sp³-hybridized carbons (Fsp3) is 0.400. The summed E-state index contributed by atoms with van der Waals surface area (Å²) in [6.45, 7) is 3.37. The number of fused-ring (bicyclic) bond motifs is 1. The van der Waals surface area contributed by atoms with Gasteiger partial charge in [0.15, 0.2) is 11.6 Å². The number of halogens is 2. The van der Waals surface area contributed by atoms with Gasteiger partial charge in [0.1, 0.15) is 6.61 Å². The van der Waals surface area contributed by atoms with Gasteiger partial charge in [0, 0.05) is 10.0 Å². The fourth-order valence-corrected chi connectivity index (χ4v) is 2.27. The van der Waals surface area contributed by atoms with Crippen LogP contribution in [0.1, 0.15) is 18.5 Å². The molecule has 1 aromatic rings. The Kier molecular flexibility index (Phi) is 2.74. The number of rotatable bonds is 2. The van der Waals surface area contributed by atoms with E-state index in [0.29, 0.717) is 12.4 Å². The zero-order valence-electron chi connectivity index (χ0n) is 7.81. The minimum absolute atomic E-state index is 0.0973. The Bertz CT molecular complexity index is 356. The molecule has 14 heavy (non-hydrogen) atoms. The molecule has 2 nitrogen and oxygen atoms in total. The molecule has 0 aromatic heterocycles. The fourth-order valence-electron chi connectivity index (χ4n) is 1.68. The first-order valence-corrected chi connectivity index (χ1v) is 5.37. The molecule has 76 valence electrons. The maximum absolute atomic E-state index is 13.3. The van der Waals surface area contributed by atoms with Crippen molar-refractivity contribution in [2.45, 2.75) is 13.0 Å². The molecule has 1 aliphatic rings. The first-order chi connectivity index (χ1) is 6.74. The molecule has 0 radical (unpaired) electrons. The first-order valence-electron chi connectivity index (χ1n) is 4.58. The first kappa shape index (κ1) is 9.93. The predicted molar refractivity (Wildman–Crippen MR) is 56.0 cm³/mol. The van der Waals surface area contributed by atoms with Crippen LogP contribution in [0.3, 0.4) is 0 Å². The van der Waals surface area contributed by atoms with Crippen molar-refractivity contribution in [1.82, 2.24) is 5.32 Å². The predicted octanol–water partition coefficient (Wildman–Crippen LogP) is 2.63. The average molecular weight is 260 g/mol. The van der Waals surface area contributed by atoms with Gasteiger partial charge in [0.2, 0.25) is 0 Å². The lowest BCUT2D eigenvalue weighted by molar-refractivity contribution is 0.302. The van der Waals surface area contributed by atoms with Gasteiger partial charge in [-0.05, 0) is 18.7 Å². The molecule has 1 atom stereocenters. The Labute approximate surface area is 90.6 Å². The molecule has 0 saturated carbocycles. The Morgan fingerprint density at radius 2 is 2.43 bits per heavy atom. The van der Waals surface area contributed by atoms with Gasteiger partial charge in [-0.1, -0.05) is 22.9 Å². The molecule has 1 heterocycles. The third kappa shape index (κ3) is 1.53. The molecule has 1 N–H and O–H groups in total. The monoisotopic (exact) mass is 259 g/mol. The summed E-state index contributed by atoms with van der Waals surface area (Å²) in [7, 11) is 0. The highest BCUT2D eigenvalue weighted by molar-refractivity contribution is 9.10. The van der Waals surface area contributed by atoms with Gasteiger partial charge in [-0.25, -0.2) is 4.39 Å². The number of hydrogen-bond acceptors (Lipinski definition) is 2. The van der Waals surface area contributed by atoms with Crippen LogP contribution in [0.4, 0.5) is 4.39 Å². The Morgan fingerprint density at radius 1 is 1.64 bits per heavy atom. The lowest BCUT2D eigenvalue weighted by Gasteiger charge is -2.10. The van der Waals surface area contributed by atoms with Crippen molar-refractivity contribution in [3.63, 3.8) is 0 Å². The lowest BCUT2D eigenvalue weighted by Crippen LogP contribution is -2.22. The summed E-state index contributed by atoms with van der Waals surface area (Å²) in [5, 5.41) is 3.25. The van der Waals surface area contributed by atoms with Crippen molar-refractivity contribution in [1.29, 1.82) is 0 Å². The van der Waals surface area contributed by atoms with Crippen molar-refractivity contribution >= 4 is 15.9 Å². The molecular formula is C10H11BrFNO. The molecule has 1 aromatic carbocycles. The second-order valence-electron chi connectivity index (χ2n) is 3.19. The Balaban J connectivity index is 2.42. The van der Waals surface area contributed by atoms with Gasteiger partial charge in [-0.15, -0.1) is 0 Å². The van der Waals surface area contributed by atoms with Gasteiger partial charge in [0.05, 0.1) is 6.04 Å². The van der Waals surface area contributed by atoms with E-state index in [0.717, 1.165) is 16.6 Å². The summed E-state index contributed by atoms with van der Waals surface area (Å²) in [5.41, 5.74) is 0.895. The number of ether oxygens (including phenoxy) is 1. The van der Waals surface area contributed by atoms with Crippen LogP contribution < -0.4 is 10.1 Å². The van der Waals surface area contributed by atoms with E-state index in [-0.39, 0.29) is 11.9 Å². The van der Waals surface area contributed by atoms with Crippen LogP contribution in [0.2, 0.25) is 0 Å². The summed E-state index contributed by atoms with van der Waals surface area (Å²) in [6, 6.07) is 3.23. The highest BCUT2D eigenvalue weighted by Crippen LogP contribution is 2.39. The van der Waals surface area contributed by atoms with Crippen molar-refractivity contribution in [3.8, 4) is 5.75 Å². The molecular weight excluding hydrogens is 249 g/mol. The van der Waals surface area contributed by atoms with E-state index in [2.05, 4.69) is 21.2 Å². The average Bonchev–Trinajstić information content (AvgIpc) is 2.58.